The zero-order chi connectivity index (χ0) is 21.0. The van der Waals surface area contributed by atoms with Crippen molar-refractivity contribution in [2.45, 2.75) is 25.8 Å². The summed E-state index contributed by atoms with van der Waals surface area (Å²) in [7, 11) is 0. The molecule has 1 amide bonds. The standard InChI is InChI=1S/C24H28N4O2/c1-2-30-22-9-7-21(8-10-22)23(27-15-11-19-5-3-13-25-17-19)24(29)28-16-12-20-6-4-14-26-18-20/h3-10,13-14,17-18,23,27H,2,11-12,15-16H2,1H3,(H,28,29). The highest BCUT2D eigenvalue weighted by atomic mass is 16.5. The van der Waals surface area contributed by atoms with Crippen LogP contribution in [-0.2, 0) is 17.6 Å². The third kappa shape index (κ3) is 6.67. The Hall–Kier alpha value is -3.25. The normalized spacial score (nSPS) is 11.6. The van der Waals surface area contributed by atoms with E-state index in [0.717, 1.165) is 35.3 Å². The van der Waals surface area contributed by atoms with Gasteiger partial charge in [-0.25, -0.2) is 0 Å². The van der Waals surface area contributed by atoms with E-state index >= 15 is 0 Å². The highest BCUT2D eigenvalue weighted by Crippen LogP contribution is 2.18. The van der Waals surface area contributed by atoms with Crippen LogP contribution in [0.25, 0.3) is 0 Å². The molecular formula is C24H28N4O2. The quantitative estimate of drug-likeness (QED) is 0.514. The average molecular weight is 405 g/mol. The topological polar surface area (TPSA) is 76.1 Å². The van der Waals surface area contributed by atoms with E-state index in [1.54, 1.807) is 12.4 Å². The van der Waals surface area contributed by atoms with Gasteiger partial charge in [-0.1, -0.05) is 24.3 Å². The lowest BCUT2D eigenvalue weighted by Crippen LogP contribution is -2.39. The molecule has 2 heterocycles. The Bertz CT molecular complexity index is 886. The van der Waals surface area contributed by atoms with Crippen molar-refractivity contribution in [2.75, 3.05) is 19.7 Å². The maximum absolute atomic E-state index is 13.0. The zero-order valence-corrected chi connectivity index (χ0v) is 17.3. The summed E-state index contributed by atoms with van der Waals surface area (Å²) in [5, 5.41) is 6.44. The molecule has 3 rings (SSSR count). The minimum atomic E-state index is -0.439. The number of hydrogen-bond donors (Lipinski definition) is 2. The van der Waals surface area contributed by atoms with E-state index in [9.17, 15) is 4.79 Å². The lowest BCUT2D eigenvalue weighted by atomic mass is 10.0. The Balaban J connectivity index is 1.61. The minimum Gasteiger partial charge on any atom is -0.494 e. The molecule has 0 fully saturated rings. The van der Waals surface area contributed by atoms with Crippen LogP contribution in [0.3, 0.4) is 0 Å². The van der Waals surface area contributed by atoms with Gasteiger partial charge in [0.15, 0.2) is 0 Å². The first-order valence-corrected chi connectivity index (χ1v) is 10.3. The van der Waals surface area contributed by atoms with E-state index < -0.39 is 6.04 Å². The van der Waals surface area contributed by atoms with Crippen LogP contribution in [0.15, 0.2) is 73.3 Å². The van der Waals surface area contributed by atoms with E-state index in [-0.39, 0.29) is 5.91 Å². The molecule has 0 saturated heterocycles. The molecule has 156 valence electrons. The van der Waals surface area contributed by atoms with Crippen molar-refractivity contribution in [3.8, 4) is 5.75 Å². The summed E-state index contributed by atoms with van der Waals surface area (Å²) in [6, 6.07) is 15.1. The summed E-state index contributed by atoms with van der Waals surface area (Å²) >= 11 is 0. The van der Waals surface area contributed by atoms with Crippen LogP contribution in [0.2, 0.25) is 0 Å². The van der Waals surface area contributed by atoms with Gasteiger partial charge >= 0.3 is 0 Å². The summed E-state index contributed by atoms with van der Waals surface area (Å²) in [6.45, 7) is 3.79. The van der Waals surface area contributed by atoms with E-state index in [1.165, 1.54) is 0 Å². The van der Waals surface area contributed by atoms with Crippen molar-refractivity contribution in [3.05, 3.63) is 90.0 Å². The number of hydrogen-bond acceptors (Lipinski definition) is 5. The Morgan fingerprint density at radius 3 is 2.13 bits per heavy atom. The smallest absolute Gasteiger partial charge is 0.241 e. The SMILES string of the molecule is CCOc1ccc(C(NCCc2cccnc2)C(=O)NCCc2cccnc2)cc1. The molecule has 0 bridgehead atoms. The predicted molar refractivity (Wildman–Crippen MR) is 117 cm³/mol. The van der Waals surface area contributed by atoms with Gasteiger partial charge in [0.05, 0.1) is 6.61 Å². The molecule has 0 aliphatic carbocycles. The maximum atomic E-state index is 13.0. The highest BCUT2D eigenvalue weighted by Gasteiger charge is 2.19. The van der Waals surface area contributed by atoms with Crippen molar-refractivity contribution >= 4 is 5.91 Å². The van der Waals surface area contributed by atoms with Crippen molar-refractivity contribution in [2.24, 2.45) is 0 Å². The van der Waals surface area contributed by atoms with Gasteiger partial charge in [-0.3, -0.25) is 14.8 Å². The third-order valence-corrected chi connectivity index (χ3v) is 4.71. The van der Waals surface area contributed by atoms with E-state index in [1.807, 2.05) is 67.8 Å². The Morgan fingerprint density at radius 1 is 0.933 bits per heavy atom. The molecule has 6 nitrogen and oxygen atoms in total. The molecule has 0 aliphatic heterocycles. The lowest BCUT2D eigenvalue weighted by Gasteiger charge is -2.19. The molecular weight excluding hydrogens is 376 g/mol. The second-order valence-electron chi connectivity index (χ2n) is 6.90. The maximum Gasteiger partial charge on any atom is 0.241 e. The van der Waals surface area contributed by atoms with E-state index in [4.69, 9.17) is 4.74 Å². The van der Waals surface area contributed by atoms with Gasteiger partial charge < -0.3 is 15.4 Å². The first kappa shape index (κ1) is 21.5. The Kier molecular flexibility index (Phi) is 8.35. The van der Waals surface area contributed by atoms with Crippen LogP contribution in [0, 0.1) is 0 Å². The van der Waals surface area contributed by atoms with Crippen molar-refractivity contribution in [1.82, 2.24) is 20.6 Å². The molecule has 6 heteroatoms. The number of ether oxygens (including phenoxy) is 1. The van der Waals surface area contributed by atoms with Gasteiger partial charge in [0.2, 0.25) is 5.91 Å². The van der Waals surface area contributed by atoms with E-state index in [2.05, 4.69) is 20.6 Å². The summed E-state index contributed by atoms with van der Waals surface area (Å²) < 4.78 is 5.52. The van der Waals surface area contributed by atoms with Crippen molar-refractivity contribution in [3.63, 3.8) is 0 Å². The van der Waals surface area contributed by atoms with Crippen LogP contribution in [-0.4, -0.2) is 35.6 Å². The molecule has 1 unspecified atom stereocenters. The fourth-order valence-electron chi connectivity index (χ4n) is 3.17. The van der Waals surface area contributed by atoms with Gasteiger partial charge in [0.25, 0.3) is 0 Å². The number of rotatable bonds is 11. The van der Waals surface area contributed by atoms with Crippen LogP contribution < -0.4 is 15.4 Å². The number of benzene rings is 1. The minimum absolute atomic E-state index is 0.0470. The zero-order valence-electron chi connectivity index (χ0n) is 17.3. The largest absolute Gasteiger partial charge is 0.494 e. The fraction of sp³-hybridized carbons (Fsp3) is 0.292. The number of amides is 1. The number of nitrogens with zero attached hydrogens (tertiary/aromatic N) is 2. The summed E-state index contributed by atoms with van der Waals surface area (Å²) in [5.41, 5.74) is 3.14. The van der Waals surface area contributed by atoms with Crippen molar-refractivity contribution in [1.29, 1.82) is 0 Å². The average Bonchev–Trinajstić information content (AvgIpc) is 2.79. The molecule has 2 N–H and O–H groups in total. The highest BCUT2D eigenvalue weighted by molar-refractivity contribution is 5.83. The van der Waals surface area contributed by atoms with Gasteiger partial charge in [-0.2, -0.15) is 0 Å². The van der Waals surface area contributed by atoms with Gasteiger partial charge in [0.1, 0.15) is 11.8 Å². The molecule has 1 atom stereocenters. The first-order chi connectivity index (χ1) is 14.8. The molecule has 0 spiro atoms. The predicted octanol–water partition coefficient (Wildman–Crippen LogP) is 3.11. The Morgan fingerprint density at radius 2 is 1.57 bits per heavy atom. The first-order valence-electron chi connectivity index (χ1n) is 10.3. The Labute approximate surface area is 177 Å². The molecule has 2 aromatic heterocycles. The molecule has 0 saturated carbocycles. The van der Waals surface area contributed by atoms with Crippen LogP contribution in [0.1, 0.15) is 29.7 Å². The number of pyridine rings is 2. The number of carbonyl (C=O) groups excluding carboxylic acids is 1. The number of aromatic nitrogens is 2. The van der Waals surface area contributed by atoms with Crippen molar-refractivity contribution < 1.29 is 9.53 Å². The van der Waals surface area contributed by atoms with Crippen LogP contribution in [0.4, 0.5) is 0 Å². The molecule has 30 heavy (non-hydrogen) atoms. The second-order valence-corrected chi connectivity index (χ2v) is 6.90. The summed E-state index contributed by atoms with van der Waals surface area (Å²) in [5.74, 6) is 0.751. The van der Waals surface area contributed by atoms with E-state index in [0.29, 0.717) is 19.7 Å². The van der Waals surface area contributed by atoms with Gasteiger partial charge in [-0.15, -0.1) is 0 Å². The number of nitrogens with one attached hydrogen (secondary N) is 2. The molecule has 1 aromatic carbocycles. The van der Waals surface area contributed by atoms with Gasteiger partial charge in [0, 0.05) is 37.9 Å². The number of carbonyl (C=O) groups is 1. The summed E-state index contributed by atoms with van der Waals surface area (Å²) in [4.78, 5) is 21.2. The monoisotopic (exact) mass is 404 g/mol. The fourth-order valence-corrected chi connectivity index (χ4v) is 3.17. The van der Waals surface area contributed by atoms with Crippen LogP contribution >= 0.6 is 0 Å². The molecule has 0 radical (unpaired) electrons. The molecule has 0 aliphatic rings. The molecule has 3 aromatic rings. The van der Waals surface area contributed by atoms with Crippen LogP contribution in [0.5, 0.6) is 5.75 Å². The third-order valence-electron chi connectivity index (χ3n) is 4.71. The lowest BCUT2D eigenvalue weighted by molar-refractivity contribution is -0.123. The second kappa shape index (κ2) is 11.7. The van der Waals surface area contributed by atoms with Gasteiger partial charge in [-0.05, 0) is 60.7 Å². The summed E-state index contributed by atoms with van der Waals surface area (Å²) in [6.07, 6.45) is 8.71.